The lowest BCUT2D eigenvalue weighted by Crippen LogP contribution is -2.50. The van der Waals surface area contributed by atoms with Crippen molar-refractivity contribution < 1.29 is 23.8 Å². The highest BCUT2D eigenvalue weighted by atomic mass is 19.1. The maximum absolute atomic E-state index is 13.3. The second-order valence-electron chi connectivity index (χ2n) is 7.13. The first-order valence-electron chi connectivity index (χ1n) is 9.30. The van der Waals surface area contributed by atoms with Crippen molar-refractivity contribution in [2.75, 3.05) is 13.2 Å². The number of Topliss-reactive ketones (excluding diaryl/α,β-unsaturated/α-hetero) is 1. The number of phenolic OH excluding ortho intramolecular Hbond substituents is 1. The molecular weight excluding hydrogens is 375 g/mol. The number of hydrogen-bond acceptors (Lipinski definition) is 5. The van der Waals surface area contributed by atoms with Gasteiger partial charge >= 0.3 is 0 Å². The fourth-order valence-corrected chi connectivity index (χ4v) is 3.29. The first-order valence-corrected chi connectivity index (χ1v) is 9.30. The van der Waals surface area contributed by atoms with E-state index in [0.717, 1.165) is 12.1 Å². The molecule has 2 aromatic rings. The van der Waals surface area contributed by atoms with Crippen LogP contribution in [0.4, 0.5) is 4.39 Å². The largest absolute Gasteiger partial charge is 0.508 e. The van der Waals surface area contributed by atoms with Crippen LogP contribution in [0, 0.1) is 17.1 Å². The van der Waals surface area contributed by atoms with Crippen molar-refractivity contribution in [2.45, 2.75) is 31.2 Å². The minimum atomic E-state index is -0.948. The number of hydrogen-bond donors (Lipinski definition) is 2. The molecule has 0 unspecified atom stereocenters. The third kappa shape index (κ3) is 5.18. The van der Waals surface area contributed by atoms with Crippen LogP contribution >= 0.6 is 0 Å². The molecule has 2 N–H and O–H groups in total. The van der Waals surface area contributed by atoms with E-state index in [-0.39, 0.29) is 35.8 Å². The zero-order chi connectivity index (χ0) is 20.9. The Bertz CT molecular complexity index is 962. The third-order valence-corrected chi connectivity index (χ3v) is 4.93. The maximum Gasteiger partial charge on any atom is 0.252 e. The van der Waals surface area contributed by atoms with E-state index in [1.807, 2.05) is 0 Å². The summed E-state index contributed by atoms with van der Waals surface area (Å²) in [6.45, 7) is 0.824. The Labute approximate surface area is 167 Å². The zero-order valence-electron chi connectivity index (χ0n) is 15.8. The van der Waals surface area contributed by atoms with Gasteiger partial charge in [0.1, 0.15) is 22.9 Å². The van der Waals surface area contributed by atoms with Gasteiger partial charge in [-0.15, -0.1) is 0 Å². The van der Waals surface area contributed by atoms with Crippen LogP contribution in [0.5, 0.6) is 5.75 Å². The number of nitrogens with zero attached hydrogens (tertiary/aromatic N) is 1. The number of ether oxygens (including phenoxy) is 1. The highest BCUT2D eigenvalue weighted by molar-refractivity contribution is 5.95. The van der Waals surface area contributed by atoms with Crippen molar-refractivity contribution in [3.63, 3.8) is 0 Å². The van der Waals surface area contributed by atoms with Gasteiger partial charge in [-0.05, 0) is 35.9 Å². The first-order chi connectivity index (χ1) is 13.9. The summed E-state index contributed by atoms with van der Waals surface area (Å²) in [7, 11) is 0. The summed E-state index contributed by atoms with van der Waals surface area (Å²) in [5.41, 5.74) is 0.247. The average Bonchev–Trinajstić information content (AvgIpc) is 2.71. The molecule has 1 aliphatic heterocycles. The smallest absolute Gasteiger partial charge is 0.252 e. The van der Waals surface area contributed by atoms with E-state index in [1.165, 1.54) is 6.07 Å². The van der Waals surface area contributed by atoms with Crippen LogP contribution in [0.1, 0.15) is 34.3 Å². The molecule has 0 aromatic heterocycles. The quantitative estimate of drug-likeness (QED) is 0.782. The zero-order valence-corrected chi connectivity index (χ0v) is 15.8. The van der Waals surface area contributed by atoms with E-state index in [0.29, 0.717) is 37.2 Å². The third-order valence-electron chi connectivity index (χ3n) is 4.93. The molecule has 1 amide bonds. The molecule has 2 aromatic carbocycles. The van der Waals surface area contributed by atoms with Gasteiger partial charge in [0.05, 0.1) is 6.07 Å². The molecule has 6 nitrogen and oxygen atoms in total. The second kappa shape index (κ2) is 8.84. The Hall–Kier alpha value is -3.24. The molecule has 0 saturated carbocycles. The SMILES string of the molecule is N#CC1(NC(=O)c2cccc(CC(=O)Cc3cc(F)ccc3O)c2)CCOCC1. The lowest BCUT2D eigenvalue weighted by molar-refractivity contribution is -0.117. The minimum absolute atomic E-state index is 0.0360. The van der Waals surface area contributed by atoms with E-state index >= 15 is 0 Å². The van der Waals surface area contributed by atoms with Crippen LogP contribution in [0.2, 0.25) is 0 Å². The molecule has 7 heteroatoms. The summed E-state index contributed by atoms with van der Waals surface area (Å²) in [6.07, 6.45) is 0.765. The van der Waals surface area contributed by atoms with Gasteiger partial charge in [-0.3, -0.25) is 9.59 Å². The topological polar surface area (TPSA) is 99.4 Å². The van der Waals surface area contributed by atoms with E-state index in [1.54, 1.807) is 24.3 Å². The fraction of sp³-hybridized carbons (Fsp3) is 0.318. The summed E-state index contributed by atoms with van der Waals surface area (Å²) in [6, 6.07) is 12.2. The van der Waals surface area contributed by atoms with Crippen molar-refractivity contribution >= 4 is 11.7 Å². The van der Waals surface area contributed by atoms with Crippen LogP contribution in [0.3, 0.4) is 0 Å². The number of halogens is 1. The number of ketones is 1. The van der Waals surface area contributed by atoms with Gasteiger partial charge in [-0.25, -0.2) is 4.39 Å². The molecule has 0 atom stereocenters. The van der Waals surface area contributed by atoms with Crippen LogP contribution < -0.4 is 5.32 Å². The summed E-state index contributed by atoms with van der Waals surface area (Å²) in [5.74, 6) is -1.26. The molecule has 1 saturated heterocycles. The van der Waals surface area contributed by atoms with Crippen LogP contribution in [0.25, 0.3) is 0 Å². The summed E-state index contributed by atoms with van der Waals surface area (Å²) >= 11 is 0. The summed E-state index contributed by atoms with van der Waals surface area (Å²) in [5, 5.41) is 22.0. The number of phenols is 1. The number of amides is 1. The van der Waals surface area contributed by atoms with Crippen molar-refractivity contribution in [3.8, 4) is 11.8 Å². The summed E-state index contributed by atoms with van der Waals surface area (Å²) in [4.78, 5) is 25.0. The number of nitrogens with one attached hydrogen (secondary N) is 1. The molecule has 3 rings (SSSR count). The Morgan fingerprint density at radius 3 is 2.66 bits per heavy atom. The molecule has 1 heterocycles. The molecule has 150 valence electrons. The number of rotatable bonds is 6. The molecule has 1 aliphatic rings. The Kier molecular flexibility index (Phi) is 6.25. The van der Waals surface area contributed by atoms with Gasteiger partial charge in [0, 0.05) is 50.0 Å². The maximum atomic E-state index is 13.3. The van der Waals surface area contributed by atoms with Crippen molar-refractivity contribution in [3.05, 3.63) is 65.0 Å². The van der Waals surface area contributed by atoms with Gasteiger partial charge in [-0.1, -0.05) is 12.1 Å². The number of benzene rings is 2. The van der Waals surface area contributed by atoms with E-state index in [4.69, 9.17) is 4.74 Å². The summed E-state index contributed by atoms with van der Waals surface area (Å²) < 4.78 is 18.6. The highest BCUT2D eigenvalue weighted by Crippen LogP contribution is 2.21. The van der Waals surface area contributed by atoms with Crippen molar-refractivity contribution in [2.24, 2.45) is 0 Å². The first kappa shape index (κ1) is 20.5. The average molecular weight is 396 g/mol. The number of nitriles is 1. The minimum Gasteiger partial charge on any atom is -0.508 e. The number of carbonyl (C=O) groups is 2. The molecule has 1 fully saturated rings. The molecule has 0 bridgehead atoms. The standard InChI is InChI=1S/C22H21FN2O4/c23-18-4-5-20(27)17(12-18)13-19(26)11-15-2-1-3-16(10-15)21(28)25-22(14-24)6-8-29-9-7-22/h1-5,10,12,27H,6-9,11,13H2,(H,25,28). The predicted octanol–water partition coefficient (Wildman–Crippen LogP) is 2.69. The normalized spacial score (nSPS) is 15.3. The number of aromatic hydroxyl groups is 1. The second-order valence-corrected chi connectivity index (χ2v) is 7.13. The molecule has 0 radical (unpaired) electrons. The van der Waals surface area contributed by atoms with Crippen molar-refractivity contribution in [1.29, 1.82) is 5.26 Å². The Balaban J connectivity index is 1.67. The predicted molar refractivity (Wildman–Crippen MR) is 103 cm³/mol. The highest BCUT2D eigenvalue weighted by Gasteiger charge is 2.34. The molecule has 0 spiro atoms. The Morgan fingerprint density at radius 1 is 1.17 bits per heavy atom. The van der Waals surface area contributed by atoms with Crippen LogP contribution in [-0.4, -0.2) is 35.5 Å². The van der Waals surface area contributed by atoms with Gasteiger partial charge in [0.25, 0.3) is 5.91 Å². The van der Waals surface area contributed by atoms with E-state index < -0.39 is 11.4 Å². The van der Waals surface area contributed by atoms with Gasteiger partial charge in [0.15, 0.2) is 0 Å². The fourth-order valence-electron chi connectivity index (χ4n) is 3.29. The lowest BCUT2D eigenvalue weighted by Gasteiger charge is -2.31. The van der Waals surface area contributed by atoms with Gasteiger partial charge in [0.2, 0.25) is 0 Å². The van der Waals surface area contributed by atoms with Gasteiger partial charge < -0.3 is 15.2 Å². The van der Waals surface area contributed by atoms with Gasteiger partial charge in [-0.2, -0.15) is 5.26 Å². The van der Waals surface area contributed by atoms with Crippen LogP contribution in [-0.2, 0) is 22.4 Å². The van der Waals surface area contributed by atoms with E-state index in [2.05, 4.69) is 11.4 Å². The molecule has 29 heavy (non-hydrogen) atoms. The number of carbonyl (C=O) groups excluding carboxylic acids is 2. The Morgan fingerprint density at radius 2 is 1.93 bits per heavy atom. The molecule has 0 aliphatic carbocycles. The van der Waals surface area contributed by atoms with Crippen LogP contribution in [0.15, 0.2) is 42.5 Å². The monoisotopic (exact) mass is 396 g/mol. The van der Waals surface area contributed by atoms with E-state index in [9.17, 15) is 24.3 Å². The van der Waals surface area contributed by atoms with Crippen molar-refractivity contribution in [1.82, 2.24) is 5.32 Å². The lowest BCUT2D eigenvalue weighted by atomic mass is 9.91. The molecular formula is C22H21FN2O4.